The fraction of sp³-hybridized carbons (Fsp3) is 0.731. The molecular formula is C26H40BNO5. The van der Waals surface area contributed by atoms with Crippen LogP contribution in [0.3, 0.4) is 0 Å². The Hall–Kier alpha value is -1.57. The molecule has 3 saturated heterocycles. The molecule has 0 radical (unpaired) electrons. The number of hydrogen-bond donors (Lipinski definition) is 1. The summed E-state index contributed by atoms with van der Waals surface area (Å²) in [6.45, 7) is 13.9. The van der Waals surface area contributed by atoms with Gasteiger partial charge in [0.1, 0.15) is 5.60 Å². The molecule has 2 bridgehead atoms. The first kappa shape index (κ1) is 24.6. The predicted octanol–water partition coefficient (Wildman–Crippen LogP) is 4.21. The molecule has 4 rings (SSSR count). The largest absolute Gasteiger partial charge is 0.494 e. The van der Waals surface area contributed by atoms with Gasteiger partial charge in [0, 0.05) is 18.5 Å². The van der Waals surface area contributed by atoms with Crippen LogP contribution < -0.4 is 5.46 Å². The molecule has 3 aliphatic heterocycles. The number of piperidine rings is 2. The zero-order chi connectivity index (χ0) is 24.2. The summed E-state index contributed by atoms with van der Waals surface area (Å²) in [6.07, 6.45) is 4.35. The van der Waals surface area contributed by atoms with Crippen molar-refractivity contribution in [2.75, 3.05) is 0 Å². The highest BCUT2D eigenvalue weighted by Crippen LogP contribution is 2.41. The van der Waals surface area contributed by atoms with Gasteiger partial charge in [0.2, 0.25) is 0 Å². The van der Waals surface area contributed by atoms with Crippen molar-refractivity contribution in [3.05, 3.63) is 29.8 Å². The first-order valence-corrected chi connectivity index (χ1v) is 12.4. The van der Waals surface area contributed by atoms with E-state index in [1.165, 1.54) is 0 Å². The second-order valence-corrected chi connectivity index (χ2v) is 12.3. The topological polar surface area (TPSA) is 68.2 Å². The molecule has 0 aliphatic carbocycles. The van der Waals surface area contributed by atoms with Crippen molar-refractivity contribution in [2.24, 2.45) is 0 Å². The van der Waals surface area contributed by atoms with Crippen LogP contribution in [0.2, 0.25) is 0 Å². The number of nitrogens with zero attached hydrogens (tertiary/aromatic N) is 1. The number of carbonyl (C=O) groups excluding carboxylic acids is 1. The SMILES string of the molecule is CC(C)(C)OC(=O)N1C2CCCC1CC(O)(Cc1cccc(B3OC(C)(C)C(C)(C)O3)c1)C2. The molecule has 1 amide bonds. The first-order valence-electron chi connectivity index (χ1n) is 12.4. The maximum absolute atomic E-state index is 12.9. The maximum atomic E-state index is 12.9. The third-order valence-corrected chi connectivity index (χ3v) is 7.71. The van der Waals surface area contributed by atoms with Gasteiger partial charge in [-0.05, 0) is 91.6 Å². The van der Waals surface area contributed by atoms with Gasteiger partial charge in [0.15, 0.2) is 0 Å². The van der Waals surface area contributed by atoms with Crippen molar-refractivity contribution in [3.63, 3.8) is 0 Å². The maximum Gasteiger partial charge on any atom is 0.494 e. The van der Waals surface area contributed by atoms with Crippen LogP contribution in [0.5, 0.6) is 0 Å². The highest BCUT2D eigenvalue weighted by atomic mass is 16.7. The minimum absolute atomic E-state index is 0.0172. The van der Waals surface area contributed by atoms with Crippen LogP contribution in [0, 0.1) is 0 Å². The van der Waals surface area contributed by atoms with Gasteiger partial charge in [0.05, 0.1) is 16.8 Å². The van der Waals surface area contributed by atoms with E-state index in [-0.39, 0.29) is 18.2 Å². The number of fused-ring (bicyclic) bond motifs is 2. The van der Waals surface area contributed by atoms with E-state index >= 15 is 0 Å². The van der Waals surface area contributed by atoms with Gasteiger partial charge in [-0.1, -0.05) is 24.3 Å². The van der Waals surface area contributed by atoms with E-state index in [4.69, 9.17) is 14.0 Å². The molecule has 3 aliphatic rings. The molecule has 3 fully saturated rings. The Morgan fingerprint density at radius 2 is 1.70 bits per heavy atom. The Balaban J connectivity index is 1.48. The summed E-state index contributed by atoms with van der Waals surface area (Å²) in [5.41, 5.74) is -0.111. The van der Waals surface area contributed by atoms with E-state index in [0.29, 0.717) is 19.3 Å². The number of ether oxygens (including phenoxy) is 1. The standard InChI is InChI=1S/C26H40BNO5/c1-23(2,3)31-22(29)28-20-12-9-13-21(28)17-26(30,16-20)15-18-10-8-11-19(14-18)27-32-24(4,5)25(6,7)33-27/h8,10-11,14,20-21,30H,9,12-13,15-17H2,1-7H3. The molecule has 0 spiro atoms. The molecular weight excluding hydrogens is 417 g/mol. The quantitative estimate of drug-likeness (QED) is 0.689. The average molecular weight is 457 g/mol. The molecule has 0 aromatic heterocycles. The molecule has 1 aromatic rings. The van der Waals surface area contributed by atoms with Crippen molar-refractivity contribution < 1.29 is 23.9 Å². The van der Waals surface area contributed by atoms with Gasteiger partial charge in [-0.25, -0.2) is 4.79 Å². The molecule has 2 atom stereocenters. The zero-order valence-electron chi connectivity index (χ0n) is 21.3. The second kappa shape index (κ2) is 8.28. The fourth-order valence-electron chi connectivity index (χ4n) is 5.49. The van der Waals surface area contributed by atoms with Crippen molar-refractivity contribution >= 4 is 18.7 Å². The van der Waals surface area contributed by atoms with Crippen LogP contribution in [0.15, 0.2) is 24.3 Å². The Kier molecular flexibility index (Phi) is 6.16. The fourth-order valence-corrected chi connectivity index (χ4v) is 5.49. The predicted molar refractivity (Wildman–Crippen MR) is 130 cm³/mol. The Bertz CT molecular complexity index is 863. The summed E-state index contributed by atoms with van der Waals surface area (Å²) in [6, 6.07) is 8.22. The van der Waals surface area contributed by atoms with Gasteiger partial charge in [0.25, 0.3) is 0 Å². The lowest BCUT2D eigenvalue weighted by Crippen LogP contribution is -2.61. The van der Waals surface area contributed by atoms with Crippen LogP contribution in [-0.4, -0.2) is 57.7 Å². The number of benzene rings is 1. The Morgan fingerprint density at radius 3 is 2.24 bits per heavy atom. The third kappa shape index (κ3) is 5.10. The molecule has 182 valence electrons. The first-order chi connectivity index (χ1) is 15.2. The molecule has 1 N–H and O–H groups in total. The van der Waals surface area contributed by atoms with Gasteiger partial charge in [-0.15, -0.1) is 0 Å². The van der Waals surface area contributed by atoms with Crippen molar-refractivity contribution in [1.29, 1.82) is 0 Å². The number of aliphatic hydroxyl groups is 1. The molecule has 6 nitrogen and oxygen atoms in total. The number of rotatable bonds is 3. The summed E-state index contributed by atoms with van der Waals surface area (Å²) in [7, 11) is -0.419. The Labute approximate surface area is 199 Å². The minimum atomic E-state index is -0.844. The van der Waals surface area contributed by atoms with Gasteiger partial charge in [-0.2, -0.15) is 0 Å². The van der Waals surface area contributed by atoms with E-state index in [9.17, 15) is 9.90 Å². The zero-order valence-corrected chi connectivity index (χ0v) is 21.3. The van der Waals surface area contributed by atoms with E-state index in [2.05, 4.69) is 39.8 Å². The van der Waals surface area contributed by atoms with Gasteiger partial charge < -0.3 is 24.1 Å². The van der Waals surface area contributed by atoms with Crippen LogP contribution in [0.4, 0.5) is 4.79 Å². The molecule has 2 unspecified atom stereocenters. The molecule has 7 heteroatoms. The van der Waals surface area contributed by atoms with Crippen molar-refractivity contribution in [2.45, 2.75) is 121 Å². The van der Waals surface area contributed by atoms with E-state index in [1.807, 2.05) is 37.8 Å². The van der Waals surface area contributed by atoms with E-state index in [1.54, 1.807) is 0 Å². The molecule has 33 heavy (non-hydrogen) atoms. The summed E-state index contributed by atoms with van der Waals surface area (Å²) in [4.78, 5) is 14.8. The van der Waals surface area contributed by atoms with Crippen molar-refractivity contribution in [3.8, 4) is 0 Å². The van der Waals surface area contributed by atoms with Gasteiger partial charge >= 0.3 is 13.2 Å². The lowest BCUT2D eigenvalue weighted by molar-refractivity contribution is -0.0919. The highest BCUT2D eigenvalue weighted by Gasteiger charge is 2.52. The summed E-state index contributed by atoms with van der Waals surface area (Å²) >= 11 is 0. The monoisotopic (exact) mass is 457 g/mol. The second-order valence-electron chi connectivity index (χ2n) is 12.3. The van der Waals surface area contributed by atoms with Crippen LogP contribution in [0.25, 0.3) is 0 Å². The molecule has 1 aromatic carbocycles. The minimum Gasteiger partial charge on any atom is -0.444 e. The number of hydrogen-bond acceptors (Lipinski definition) is 5. The highest BCUT2D eigenvalue weighted by molar-refractivity contribution is 6.62. The summed E-state index contributed by atoms with van der Waals surface area (Å²) < 4.78 is 18.1. The van der Waals surface area contributed by atoms with Crippen molar-refractivity contribution in [1.82, 2.24) is 4.90 Å². The Morgan fingerprint density at radius 1 is 1.12 bits per heavy atom. The van der Waals surface area contributed by atoms with Crippen LogP contribution in [-0.2, 0) is 20.5 Å². The summed E-state index contributed by atoms with van der Waals surface area (Å²) in [5.74, 6) is 0. The molecule has 0 saturated carbocycles. The van der Waals surface area contributed by atoms with E-state index in [0.717, 1.165) is 30.3 Å². The number of carbonyl (C=O) groups is 1. The normalized spacial score (nSPS) is 30.9. The van der Waals surface area contributed by atoms with Gasteiger partial charge in [-0.3, -0.25) is 0 Å². The smallest absolute Gasteiger partial charge is 0.444 e. The number of amides is 1. The lowest BCUT2D eigenvalue weighted by Gasteiger charge is -2.51. The average Bonchev–Trinajstić information content (AvgIpc) is 2.87. The summed E-state index contributed by atoms with van der Waals surface area (Å²) in [5, 5.41) is 11.6. The van der Waals surface area contributed by atoms with Crippen LogP contribution >= 0.6 is 0 Å². The third-order valence-electron chi connectivity index (χ3n) is 7.71. The van der Waals surface area contributed by atoms with Crippen LogP contribution in [0.1, 0.15) is 86.1 Å². The lowest BCUT2D eigenvalue weighted by atomic mass is 9.72. The molecule has 3 heterocycles. The van der Waals surface area contributed by atoms with E-state index < -0.39 is 29.5 Å².